The van der Waals surface area contributed by atoms with Crippen molar-refractivity contribution in [3.8, 4) is 11.1 Å². The summed E-state index contributed by atoms with van der Waals surface area (Å²) in [6.45, 7) is 0. The van der Waals surface area contributed by atoms with E-state index in [-0.39, 0.29) is 5.92 Å². The Morgan fingerprint density at radius 1 is 0.612 bits per heavy atom. The van der Waals surface area contributed by atoms with Crippen LogP contribution >= 0.6 is 0 Å². The highest BCUT2D eigenvalue weighted by Crippen LogP contribution is 2.44. The molecule has 0 fully saturated rings. The van der Waals surface area contributed by atoms with Gasteiger partial charge in [0.05, 0.1) is 5.69 Å². The van der Waals surface area contributed by atoms with E-state index in [1.807, 2.05) is 0 Å². The number of nitrogens with zero attached hydrogens (tertiary/aromatic N) is 1. The minimum absolute atomic E-state index is 0.275. The molecule has 0 saturated heterocycles. The normalized spacial score (nSPS) is 17.0. The molecule has 6 aromatic carbocycles. The third kappa shape index (κ3) is 5.56. The zero-order chi connectivity index (χ0) is 32.6. The SMILES string of the molecule is C1=CCCC(C2=CC(N(c3ccc4ccc5c(c4c3)=CCCC=5)c3ccc(-c4ccccc4)c4ccccc34)=CC(c3ccccc3)C2)=C1. The summed E-state index contributed by atoms with van der Waals surface area (Å²) >= 11 is 0. The number of benzene rings is 6. The predicted octanol–water partition coefficient (Wildman–Crippen LogP) is 11.4. The van der Waals surface area contributed by atoms with Gasteiger partial charge in [0.2, 0.25) is 0 Å². The zero-order valence-electron chi connectivity index (χ0n) is 27.7. The molecular weight excluding hydrogens is 591 g/mol. The number of rotatable bonds is 6. The van der Waals surface area contributed by atoms with Gasteiger partial charge in [0.15, 0.2) is 0 Å². The maximum Gasteiger partial charge on any atom is 0.0540 e. The molecule has 1 unspecified atom stereocenters. The smallest absolute Gasteiger partial charge is 0.0540 e. The first-order valence-electron chi connectivity index (χ1n) is 17.7. The lowest BCUT2D eigenvalue weighted by Crippen LogP contribution is -2.27. The van der Waals surface area contributed by atoms with Crippen LogP contribution in [0.1, 0.15) is 43.6 Å². The summed E-state index contributed by atoms with van der Waals surface area (Å²) in [6.07, 6.45) is 22.1. The molecule has 9 rings (SSSR count). The van der Waals surface area contributed by atoms with Crippen molar-refractivity contribution in [3.05, 3.63) is 191 Å². The minimum Gasteiger partial charge on any atom is -0.310 e. The molecule has 0 radical (unpaired) electrons. The topological polar surface area (TPSA) is 3.24 Å². The van der Waals surface area contributed by atoms with Crippen molar-refractivity contribution in [1.82, 2.24) is 0 Å². The standard InChI is InChI=1S/C48H39N/c1-4-14-34(15-5-1)39-30-40(35-16-6-2-7-17-35)32-42(31-39)49(41-27-26-38-25-24-37-20-10-11-21-43(37)47(38)33-41)48-29-28-44(36-18-8-3-9-19-36)45-22-12-13-23-46(45)48/h1-6,8-9,12-16,18-29,31-33,39H,7,10-11,17,30H2. The molecule has 236 valence electrons. The van der Waals surface area contributed by atoms with E-state index in [2.05, 4.69) is 175 Å². The zero-order valence-corrected chi connectivity index (χ0v) is 27.7. The fourth-order valence-corrected chi connectivity index (χ4v) is 8.07. The van der Waals surface area contributed by atoms with Gasteiger partial charge < -0.3 is 4.90 Å². The molecule has 1 atom stereocenters. The third-order valence-corrected chi connectivity index (χ3v) is 10.5. The second-order valence-electron chi connectivity index (χ2n) is 13.5. The highest BCUT2D eigenvalue weighted by atomic mass is 15.1. The van der Waals surface area contributed by atoms with Gasteiger partial charge in [-0.3, -0.25) is 0 Å². The first-order valence-corrected chi connectivity index (χ1v) is 17.7. The van der Waals surface area contributed by atoms with Gasteiger partial charge in [0.1, 0.15) is 0 Å². The number of fused-ring (bicyclic) bond motifs is 4. The summed E-state index contributed by atoms with van der Waals surface area (Å²) in [6, 6.07) is 47.1. The molecule has 0 aromatic heterocycles. The second-order valence-corrected chi connectivity index (χ2v) is 13.5. The molecule has 0 aliphatic heterocycles. The van der Waals surface area contributed by atoms with Crippen LogP contribution in [0.25, 0.3) is 44.8 Å². The van der Waals surface area contributed by atoms with E-state index < -0.39 is 0 Å². The maximum absolute atomic E-state index is 2.54. The predicted molar refractivity (Wildman–Crippen MR) is 209 cm³/mol. The molecule has 0 N–H and O–H groups in total. The minimum atomic E-state index is 0.275. The quantitative estimate of drug-likeness (QED) is 0.177. The Labute approximate surface area is 288 Å². The first kappa shape index (κ1) is 29.5. The van der Waals surface area contributed by atoms with Crippen LogP contribution in [0, 0.1) is 0 Å². The van der Waals surface area contributed by atoms with Crippen LogP contribution in [0.15, 0.2) is 175 Å². The Balaban J connectivity index is 1.31. The van der Waals surface area contributed by atoms with E-state index in [4.69, 9.17) is 0 Å². The summed E-state index contributed by atoms with van der Waals surface area (Å²) in [4.78, 5) is 2.54. The van der Waals surface area contributed by atoms with Gasteiger partial charge in [-0.2, -0.15) is 0 Å². The van der Waals surface area contributed by atoms with Gasteiger partial charge in [-0.25, -0.2) is 0 Å². The largest absolute Gasteiger partial charge is 0.310 e. The van der Waals surface area contributed by atoms with E-state index in [1.54, 1.807) is 0 Å². The Hall–Kier alpha value is -5.66. The molecule has 49 heavy (non-hydrogen) atoms. The molecule has 3 aliphatic carbocycles. The molecule has 3 aliphatic rings. The molecule has 6 aromatic rings. The highest BCUT2D eigenvalue weighted by molar-refractivity contribution is 6.06. The highest BCUT2D eigenvalue weighted by Gasteiger charge is 2.25. The summed E-state index contributed by atoms with van der Waals surface area (Å²) in [5.41, 5.74) is 10.4. The average molecular weight is 630 g/mol. The van der Waals surface area contributed by atoms with Crippen LogP contribution in [0.5, 0.6) is 0 Å². The Morgan fingerprint density at radius 3 is 2.22 bits per heavy atom. The van der Waals surface area contributed by atoms with Crippen molar-refractivity contribution in [2.24, 2.45) is 0 Å². The fourth-order valence-electron chi connectivity index (χ4n) is 8.07. The van der Waals surface area contributed by atoms with Gasteiger partial charge >= 0.3 is 0 Å². The van der Waals surface area contributed by atoms with E-state index in [1.165, 1.54) is 76.9 Å². The van der Waals surface area contributed by atoms with Crippen molar-refractivity contribution in [2.75, 3.05) is 4.90 Å². The Bertz CT molecular complexity index is 2460. The van der Waals surface area contributed by atoms with E-state index in [9.17, 15) is 0 Å². The third-order valence-electron chi connectivity index (χ3n) is 10.5. The summed E-state index contributed by atoms with van der Waals surface area (Å²) in [7, 11) is 0. The molecule has 1 heteroatoms. The van der Waals surface area contributed by atoms with Crippen molar-refractivity contribution in [3.63, 3.8) is 0 Å². The number of allylic oxidation sites excluding steroid dienone is 7. The van der Waals surface area contributed by atoms with Crippen LogP contribution in [0.2, 0.25) is 0 Å². The van der Waals surface area contributed by atoms with E-state index in [0.29, 0.717) is 0 Å². The van der Waals surface area contributed by atoms with E-state index in [0.717, 1.165) is 32.1 Å². The summed E-state index contributed by atoms with van der Waals surface area (Å²) in [5.74, 6) is 0.275. The lowest BCUT2D eigenvalue weighted by molar-refractivity contribution is 0.787. The van der Waals surface area contributed by atoms with E-state index >= 15 is 0 Å². The van der Waals surface area contributed by atoms with Gasteiger partial charge in [-0.05, 0) is 111 Å². The lowest BCUT2D eigenvalue weighted by atomic mass is 9.82. The van der Waals surface area contributed by atoms with Gasteiger partial charge in [0.25, 0.3) is 0 Å². The Kier molecular flexibility index (Phi) is 7.67. The Morgan fingerprint density at radius 2 is 1.39 bits per heavy atom. The van der Waals surface area contributed by atoms with Crippen molar-refractivity contribution < 1.29 is 0 Å². The molecule has 1 nitrogen and oxygen atoms in total. The number of hydrogen-bond acceptors (Lipinski definition) is 1. The number of hydrogen-bond donors (Lipinski definition) is 0. The fraction of sp³-hybridized carbons (Fsp3) is 0.125. The molecular formula is C48H39N. The molecule has 0 spiro atoms. The van der Waals surface area contributed by atoms with Crippen molar-refractivity contribution >= 4 is 45.1 Å². The maximum atomic E-state index is 2.54. The second kappa shape index (κ2) is 12.7. The van der Waals surface area contributed by atoms with Gasteiger partial charge in [-0.15, -0.1) is 0 Å². The van der Waals surface area contributed by atoms with Crippen LogP contribution < -0.4 is 15.3 Å². The van der Waals surface area contributed by atoms with Crippen LogP contribution in [-0.2, 0) is 0 Å². The molecule has 0 bridgehead atoms. The van der Waals surface area contributed by atoms with Crippen LogP contribution in [0.3, 0.4) is 0 Å². The molecule has 0 saturated carbocycles. The summed E-state index contributed by atoms with van der Waals surface area (Å²) in [5, 5.41) is 7.83. The van der Waals surface area contributed by atoms with Crippen molar-refractivity contribution in [1.29, 1.82) is 0 Å². The average Bonchev–Trinajstić information content (AvgIpc) is 3.19. The van der Waals surface area contributed by atoms with Crippen molar-refractivity contribution in [2.45, 2.75) is 38.0 Å². The van der Waals surface area contributed by atoms with Gasteiger partial charge in [0, 0.05) is 22.7 Å². The molecule has 0 amide bonds. The monoisotopic (exact) mass is 629 g/mol. The molecule has 0 heterocycles. The van der Waals surface area contributed by atoms with Gasteiger partial charge in [-0.1, -0.05) is 146 Å². The van der Waals surface area contributed by atoms with Crippen LogP contribution in [0.4, 0.5) is 11.4 Å². The first-order chi connectivity index (χ1) is 24.3. The summed E-state index contributed by atoms with van der Waals surface area (Å²) < 4.78 is 0. The van der Waals surface area contributed by atoms with Crippen LogP contribution in [-0.4, -0.2) is 0 Å². The number of anilines is 2. The lowest BCUT2D eigenvalue weighted by Gasteiger charge is -2.33.